The maximum absolute atomic E-state index is 5.70. The van der Waals surface area contributed by atoms with Crippen LogP contribution in [0.5, 0.6) is 0 Å². The van der Waals surface area contributed by atoms with Crippen LogP contribution in [-0.4, -0.2) is 0 Å². The summed E-state index contributed by atoms with van der Waals surface area (Å²) < 4.78 is 0. The lowest BCUT2D eigenvalue weighted by Crippen LogP contribution is -1.99. The number of hydrogen-bond donors (Lipinski definition) is 2. The van der Waals surface area contributed by atoms with E-state index in [0.29, 0.717) is 17.3 Å². The van der Waals surface area contributed by atoms with E-state index in [-0.39, 0.29) is 0 Å². The number of benzene rings is 1. The van der Waals surface area contributed by atoms with Crippen LogP contribution in [0.4, 0.5) is 5.69 Å². The van der Waals surface area contributed by atoms with Gasteiger partial charge in [0, 0.05) is 6.54 Å². The Morgan fingerprint density at radius 3 is 2.73 bits per heavy atom. The molecule has 0 aliphatic carbocycles. The van der Waals surface area contributed by atoms with Gasteiger partial charge >= 0.3 is 0 Å². The van der Waals surface area contributed by atoms with Gasteiger partial charge in [-0.15, -0.1) is 0 Å². The molecule has 1 rings (SSSR count). The van der Waals surface area contributed by atoms with E-state index in [2.05, 4.69) is 4.84 Å². The van der Waals surface area contributed by atoms with Crippen molar-refractivity contribution in [1.82, 2.24) is 4.84 Å². The molecular formula is C7H8Cl2N2. The Balaban J connectivity index is 2.86. The summed E-state index contributed by atoms with van der Waals surface area (Å²) in [6.45, 7) is 0.586. The van der Waals surface area contributed by atoms with Crippen LogP contribution in [0.2, 0.25) is 5.02 Å². The molecule has 0 spiro atoms. The zero-order valence-electron chi connectivity index (χ0n) is 5.77. The zero-order valence-corrected chi connectivity index (χ0v) is 7.28. The Morgan fingerprint density at radius 2 is 2.18 bits per heavy atom. The van der Waals surface area contributed by atoms with E-state index in [1.165, 1.54) is 0 Å². The molecule has 60 valence electrons. The molecule has 0 aromatic heterocycles. The Morgan fingerprint density at radius 1 is 1.45 bits per heavy atom. The van der Waals surface area contributed by atoms with E-state index in [1.807, 2.05) is 6.07 Å². The molecule has 0 saturated heterocycles. The van der Waals surface area contributed by atoms with Crippen LogP contribution in [0.1, 0.15) is 5.56 Å². The molecule has 0 aliphatic heterocycles. The number of halogens is 2. The second-order valence-electron chi connectivity index (χ2n) is 2.17. The molecule has 0 fully saturated rings. The van der Waals surface area contributed by atoms with Gasteiger partial charge in [-0.1, -0.05) is 17.7 Å². The summed E-state index contributed by atoms with van der Waals surface area (Å²) in [7, 11) is 0. The average Bonchev–Trinajstić information content (AvgIpc) is 1.98. The minimum atomic E-state index is 0.573. The second-order valence-corrected chi connectivity index (χ2v) is 2.84. The molecule has 0 radical (unpaired) electrons. The SMILES string of the molecule is Nc1cc(CNCl)ccc1Cl. The van der Waals surface area contributed by atoms with Gasteiger partial charge in [-0.2, -0.15) is 0 Å². The lowest BCUT2D eigenvalue weighted by atomic mass is 10.2. The Bertz CT molecular complexity index is 250. The van der Waals surface area contributed by atoms with Crippen molar-refractivity contribution in [3.8, 4) is 0 Å². The summed E-state index contributed by atoms with van der Waals surface area (Å²) >= 11 is 11.0. The van der Waals surface area contributed by atoms with Crippen molar-refractivity contribution in [2.75, 3.05) is 5.73 Å². The standard InChI is InChI=1S/C7H8Cl2N2/c8-6-2-1-5(4-11-9)3-7(6)10/h1-3,11H,4,10H2. The summed E-state index contributed by atoms with van der Waals surface area (Å²) in [6.07, 6.45) is 0. The van der Waals surface area contributed by atoms with Crippen molar-refractivity contribution in [3.05, 3.63) is 28.8 Å². The van der Waals surface area contributed by atoms with Gasteiger partial charge in [0.05, 0.1) is 10.7 Å². The van der Waals surface area contributed by atoms with E-state index in [1.54, 1.807) is 12.1 Å². The molecule has 1 aromatic rings. The molecule has 4 heteroatoms. The first-order valence-corrected chi connectivity index (χ1v) is 3.87. The molecule has 1 aromatic carbocycles. The van der Waals surface area contributed by atoms with Crippen molar-refractivity contribution in [1.29, 1.82) is 0 Å². The molecule has 0 saturated carbocycles. The van der Waals surface area contributed by atoms with Gasteiger partial charge in [0.25, 0.3) is 0 Å². The van der Waals surface area contributed by atoms with E-state index < -0.39 is 0 Å². The van der Waals surface area contributed by atoms with Crippen LogP contribution >= 0.6 is 23.4 Å². The van der Waals surface area contributed by atoms with E-state index in [4.69, 9.17) is 29.1 Å². The predicted molar refractivity (Wildman–Crippen MR) is 48.6 cm³/mol. The molecule has 0 heterocycles. The highest BCUT2D eigenvalue weighted by molar-refractivity contribution is 6.33. The van der Waals surface area contributed by atoms with Crippen LogP contribution in [-0.2, 0) is 6.54 Å². The van der Waals surface area contributed by atoms with E-state index in [0.717, 1.165) is 5.56 Å². The normalized spacial score (nSPS) is 10.0. The van der Waals surface area contributed by atoms with Crippen LogP contribution < -0.4 is 10.6 Å². The molecule has 0 bridgehead atoms. The summed E-state index contributed by atoms with van der Waals surface area (Å²) in [4.78, 5) is 2.50. The zero-order chi connectivity index (χ0) is 8.27. The van der Waals surface area contributed by atoms with Gasteiger partial charge in [-0.3, -0.25) is 0 Å². The molecule has 11 heavy (non-hydrogen) atoms. The van der Waals surface area contributed by atoms with Gasteiger partial charge in [-0.25, -0.2) is 4.84 Å². The minimum Gasteiger partial charge on any atom is -0.398 e. The van der Waals surface area contributed by atoms with Crippen LogP contribution in [0, 0.1) is 0 Å². The number of hydrogen-bond acceptors (Lipinski definition) is 2. The summed E-state index contributed by atoms with van der Waals surface area (Å²) in [5, 5.41) is 0.573. The van der Waals surface area contributed by atoms with E-state index >= 15 is 0 Å². The van der Waals surface area contributed by atoms with E-state index in [9.17, 15) is 0 Å². The van der Waals surface area contributed by atoms with Crippen molar-refractivity contribution in [3.63, 3.8) is 0 Å². The lowest BCUT2D eigenvalue weighted by Gasteiger charge is -2.01. The first-order chi connectivity index (χ1) is 5.24. The molecule has 3 N–H and O–H groups in total. The number of anilines is 1. The van der Waals surface area contributed by atoms with Gasteiger partial charge in [-0.05, 0) is 29.5 Å². The van der Waals surface area contributed by atoms with Crippen molar-refractivity contribution < 1.29 is 0 Å². The monoisotopic (exact) mass is 190 g/mol. The first kappa shape index (κ1) is 8.65. The molecule has 0 unspecified atom stereocenters. The summed E-state index contributed by atoms with van der Waals surface area (Å²) in [6, 6.07) is 5.41. The largest absolute Gasteiger partial charge is 0.398 e. The average molecular weight is 191 g/mol. The van der Waals surface area contributed by atoms with Crippen molar-refractivity contribution >= 4 is 29.1 Å². The lowest BCUT2D eigenvalue weighted by molar-refractivity contribution is 0.964. The fraction of sp³-hybridized carbons (Fsp3) is 0.143. The van der Waals surface area contributed by atoms with Crippen molar-refractivity contribution in [2.45, 2.75) is 6.54 Å². The number of nitrogens with one attached hydrogen (secondary N) is 1. The third kappa shape index (κ3) is 2.26. The van der Waals surface area contributed by atoms with Crippen LogP contribution in [0.3, 0.4) is 0 Å². The molecule has 2 nitrogen and oxygen atoms in total. The topological polar surface area (TPSA) is 38.0 Å². The minimum absolute atomic E-state index is 0.573. The quantitative estimate of drug-likeness (QED) is 0.555. The molecule has 0 aliphatic rings. The van der Waals surface area contributed by atoms with Crippen molar-refractivity contribution in [2.24, 2.45) is 0 Å². The van der Waals surface area contributed by atoms with Gasteiger partial charge in [0.1, 0.15) is 0 Å². The van der Waals surface area contributed by atoms with Gasteiger partial charge in [0.2, 0.25) is 0 Å². The molecular weight excluding hydrogens is 183 g/mol. The highest BCUT2D eigenvalue weighted by Gasteiger charge is 1.96. The molecule has 0 atom stereocenters. The fourth-order valence-corrected chi connectivity index (χ4v) is 1.05. The maximum atomic E-state index is 5.70. The number of nitrogen functional groups attached to an aromatic ring is 1. The third-order valence-electron chi connectivity index (χ3n) is 1.33. The predicted octanol–water partition coefficient (Wildman–Crippen LogP) is 2.17. The Hall–Kier alpha value is -0.440. The second kappa shape index (κ2) is 3.81. The van der Waals surface area contributed by atoms with Gasteiger partial charge in [0.15, 0.2) is 0 Å². The smallest absolute Gasteiger partial charge is 0.0635 e. The fourth-order valence-electron chi connectivity index (χ4n) is 0.780. The van der Waals surface area contributed by atoms with Crippen LogP contribution in [0.25, 0.3) is 0 Å². The maximum Gasteiger partial charge on any atom is 0.0635 e. The Kier molecular flexibility index (Phi) is 3.00. The number of rotatable bonds is 2. The number of nitrogens with two attached hydrogens (primary N) is 1. The molecule has 0 amide bonds. The summed E-state index contributed by atoms with van der Waals surface area (Å²) in [5.41, 5.74) is 7.14. The third-order valence-corrected chi connectivity index (χ3v) is 1.81. The first-order valence-electron chi connectivity index (χ1n) is 3.11. The summed E-state index contributed by atoms with van der Waals surface area (Å²) in [5.74, 6) is 0. The highest BCUT2D eigenvalue weighted by atomic mass is 35.5. The Labute approximate surface area is 75.4 Å². The van der Waals surface area contributed by atoms with Crippen LogP contribution in [0.15, 0.2) is 18.2 Å². The highest BCUT2D eigenvalue weighted by Crippen LogP contribution is 2.19. The van der Waals surface area contributed by atoms with Gasteiger partial charge < -0.3 is 5.73 Å².